The first kappa shape index (κ1) is 14.2. The number of hydrogen-bond acceptors (Lipinski definition) is 2. The van der Waals surface area contributed by atoms with Gasteiger partial charge in [-0.25, -0.2) is 0 Å². The molecular weight excluding hydrogens is 164 g/mol. The molecule has 0 spiro atoms. The van der Waals surface area contributed by atoms with Crippen LogP contribution in [0.3, 0.4) is 0 Å². The molecule has 0 atom stereocenters. The van der Waals surface area contributed by atoms with Crippen LogP contribution in [0.5, 0.6) is 0 Å². The number of carbonyl (C=O) groups excluding carboxylic acids is 1. The molecule has 0 aliphatic carbocycles. The summed E-state index contributed by atoms with van der Waals surface area (Å²) < 4.78 is 0. The van der Waals surface area contributed by atoms with E-state index in [-0.39, 0.29) is 12.4 Å². The number of carbonyl (C=O) groups is 1. The molecule has 0 saturated carbocycles. The molecule has 76 valence electrons. The van der Waals surface area contributed by atoms with Gasteiger partial charge >= 0.3 is 0 Å². The lowest BCUT2D eigenvalue weighted by atomic mass is 9.94. The zero-order valence-corrected chi connectivity index (χ0v) is 9.01. The Labute approximate surface area is 81.7 Å². The number of rotatable bonds is 1. The summed E-state index contributed by atoms with van der Waals surface area (Å²) in [6, 6.07) is 1.74. The second kappa shape index (κ2) is 6.24. The first-order valence-electron chi connectivity index (χ1n) is 4.29. The lowest BCUT2D eigenvalue weighted by Crippen LogP contribution is -2.15. The Morgan fingerprint density at radius 1 is 1.46 bits per heavy atom. The van der Waals surface area contributed by atoms with Gasteiger partial charge in [0.05, 0.1) is 0 Å². The van der Waals surface area contributed by atoms with Crippen LogP contribution in [0.2, 0.25) is 0 Å². The van der Waals surface area contributed by atoms with Crippen molar-refractivity contribution in [2.75, 3.05) is 0 Å². The maximum Gasteiger partial charge on any atom is 0.259 e. The largest absolute Gasteiger partial charge is 0.365 e. The Morgan fingerprint density at radius 3 is 1.92 bits per heavy atom. The first-order valence-corrected chi connectivity index (χ1v) is 4.29. The molecule has 0 aliphatic heterocycles. The number of amides is 1. The first-order chi connectivity index (χ1) is 5.87. The van der Waals surface area contributed by atoms with E-state index in [4.69, 9.17) is 11.0 Å². The number of nitrogens with zero attached hydrogens (tertiary/aromatic N) is 1. The van der Waals surface area contributed by atoms with Gasteiger partial charge < -0.3 is 5.73 Å². The SMILES string of the molecule is CC.CC(C)(C)/C=C(\C#N)C(N)=O.[HH]. The van der Waals surface area contributed by atoms with Crippen molar-refractivity contribution in [1.29, 1.82) is 5.26 Å². The molecule has 3 nitrogen and oxygen atoms in total. The maximum absolute atomic E-state index is 10.5. The minimum absolute atomic E-state index is 0. The topological polar surface area (TPSA) is 66.9 Å². The Balaban J connectivity index is -0.000000376. The van der Waals surface area contributed by atoms with Crippen LogP contribution in [-0.4, -0.2) is 5.91 Å². The molecule has 13 heavy (non-hydrogen) atoms. The van der Waals surface area contributed by atoms with E-state index in [0.717, 1.165) is 0 Å². The summed E-state index contributed by atoms with van der Waals surface area (Å²) in [4.78, 5) is 10.5. The van der Waals surface area contributed by atoms with E-state index < -0.39 is 5.91 Å². The summed E-state index contributed by atoms with van der Waals surface area (Å²) in [5.74, 6) is -0.664. The van der Waals surface area contributed by atoms with E-state index in [0.29, 0.717) is 0 Å². The highest BCUT2D eigenvalue weighted by molar-refractivity contribution is 5.95. The Bertz CT molecular complexity index is 233. The molecule has 0 unspecified atom stereocenters. The highest BCUT2D eigenvalue weighted by Gasteiger charge is 2.11. The minimum Gasteiger partial charge on any atom is -0.365 e. The number of allylic oxidation sites excluding steroid dienone is 1. The fourth-order valence-corrected chi connectivity index (χ4v) is 0.592. The minimum atomic E-state index is -0.664. The van der Waals surface area contributed by atoms with Crippen molar-refractivity contribution in [3.05, 3.63) is 11.6 Å². The molecular formula is C10H20N2O. The van der Waals surface area contributed by atoms with Gasteiger partial charge in [0.15, 0.2) is 0 Å². The number of nitriles is 1. The summed E-state index contributed by atoms with van der Waals surface area (Å²) in [6.07, 6.45) is 1.56. The van der Waals surface area contributed by atoms with E-state index in [9.17, 15) is 4.79 Å². The van der Waals surface area contributed by atoms with E-state index in [2.05, 4.69) is 0 Å². The third-order valence-corrected chi connectivity index (χ3v) is 0.963. The molecule has 0 rings (SSSR count). The molecule has 0 aromatic heterocycles. The van der Waals surface area contributed by atoms with Gasteiger partial charge in [-0.05, 0) is 5.41 Å². The zero-order chi connectivity index (χ0) is 11.1. The van der Waals surface area contributed by atoms with Crippen molar-refractivity contribution in [1.82, 2.24) is 0 Å². The average Bonchev–Trinajstić information content (AvgIpc) is 2.02. The number of hydrogen-bond donors (Lipinski definition) is 1. The van der Waals surface area contributed by atoms with Gasteiger partial charge in [0.25, 0.3) is 5.91 Å². The lowest BCUT2D eigenvalue weighted by Gasteiger charge is -2.11. The third-order valence-electron chi connectivity index (χ3n) is 0.963. The fraction of sp³-hybridized carbons (Fsp3) is 0.600. The smallest absolute Gasteiger partial charge is 0.259 e. The molecule has 0 aromatic rings. The van der Waals surface area contributed by atoms with E-state index in [1.165, 1.54) is 0 Å². The van der Waals surface area contributed by atoms with Gasteiger partial charge in [-0.15, -0.1) is 0 Å². The van der Waals surface area contributed by atoms with Crippen LogP contribution < -0.4 is 5.73 Å². The van der Waals surface area contributed by atoms with Crippen LogP contribution in [-0.2, 0) is 4.79 Å². The normalized spacial score (nSPS) is 10.9. The van der Waals surface area contributed by atoms with Gasteiger partial charge in [-0.3, -0.25) is 4.79 Å². The van der Waals surface area contributed by atoms with Gasteiger partial charge in [0.2, 0.25) is 0 Å². The van der Waals surface area contributed by atoms with Gasteiger partial charge in [-0.1, -0.05) is 40.7 Å². The molecule has 0 aliphatic rings. The predicted molar refractivity (Wildman–Crippen MR) is 55.8 cm³/mol. The molecule has 1 amide bonds. The van der Waals surface area contributed by atoms with Crippen LogP contribution in [0.15, 0.2) is 11.6 Å². The van der Waals surface area contributed by atoms with Crippen LogP contribution in [0, 0.1) is 16.7 Å². The van der Waals surface area contributed by atoms with Crippen LogP contribution in [0.1, 0.15) is 36.0 Å². The average molecular weight is 184 g/mol. The maximum atomic E-state index is 10.5. The second-order valence-corrected chi connectivity index (χ2v) is 3.40. The third kappa shape index (κ3) is 8.61. The molecule has 0 radical (unpaired) electrons. The Morgan fingerprint density at radius 2 is 1.85 bits per heavy atom. The summed E-state index contributed by atoms with van der Waals surface area (Å²) in [5.41, 5.74) is 4.77. The predicted octanol–water partition coefficient (Wildman–Crippen LogP) is 2.24. The van der Waals surface area contributed by atoms with Crippen molar-refractivity contribution in [3.63, 3.8) is 0 Å². The zero-order valence-electron chi connectivity index (χ0n) is 9.01. The van der Waals surface area contributed by atoms with Gasteiger partial charge in [0, 0.05) is 1.43 Å². The van der Waals surface area contributed by atoms with Crippen molar-refractivity contribution in [2.45, 2.75) is 34.6 Å². The Hall–Kier alpha value is -1.30. The highest BCUT2D eigenvalue weighted by Crippen LogP contribution is 2.16. The molecule has 0 heterocycles. The quantitative estimate of drug-likeness (QED) is 0.501. The van der Waals surface area contributed by atoms with E-state index >= 15 is 0 Å². The Kier molecular flexibility index (Phi) is 6.84. The standard InChI is InChI=1S/C8H12N2O.C2H6.H2/c1-8(2,3)4-6(5-9)7(10)11;1-2;/h4H,1-3H3,(H2,10,11);1-2H3;1H/b6-4+;;. The van der Waals surface area contributed by atoms with Crippen molar-refractivity contribution in [3.8, 4) is 6.07 Å². The molecule has 3 heteroatoms. The molecule has 2 N–H and O–H groups in total. The van der Waals surface area contributed by atoms with Gasteiger partial charge in [-0.2, -0.15) is 5.26 Å². The number of nitrogens with two attached hydrogens (primary N) is 1. The van der Waals surface area contributed by atoms with Crippen molar-refractivity contribution in [2.24, 2.45) is 11.1 Å². The van der Waals surface area contributed by atoms with E-state index in [1.807, 2.05) is 34.6 Å². The lowest BCUT2D eigenvalue weighted by molar-refractivity contribution is -0.114. The van der Waals surface area contributed by atoms with Crippen LogP contribution in [0.4, 0.5) is 0 Å². The number of primary amides is 1. The molecule has 0 fully saturated rings. The van der Waals surface area contributed by atoms with Crippen LogP contribution >= 0.6 is 0 Å². The van der Waals surface area contributed by atoms with Crippen molar-refractivity contribution < 1.29 is 6.22 Å². The summed E-state index contributed by atoms with van der Waals surface area (Å²) in [6.45, 7) is 9.69. The molecule has 0 aromatic carbocycles. The highest BCUT2D eigenvalue weighted by atomic mass is 16.1. The van der Waals surface area contributed by atoms with E-state index in [1.54, 1.807) is 12.1 Å². The van der Waals surface area contributed by atoms with Gasteiger partial charge in [0.1, 0.15) is 11.6 Å². The second-order valence-electron chi connectivity index (χ2n) is 3.40. The monoisotopic (exact) mass is 184 g/mol. The van der Waals surface area contributed by atoms with Crippen LogP contribution in [0.25, 0.3) is 0 Å². The fourth-order valence-electron chi connectivity index (χ4n) is 0.592. The summed E-state index contributed by atoms with van der Waals surface area (Å²) in [7, 11) is 0. The molecule has 0 saturated heterocycles. The molecule has 0 bridgehead atoms. The summed E-state index contributed by atoms with van der Waals surface area (Å²) in [5, 5.41) is 8.44. The van der Waals surface area contributed by atoms with Crippen molar-refractivity contribution >= 4 is 5.91 Å². The summed E-state index contributed by atoms with van der Waals surface area (Å²) >= 11 is 0.